The predicted molar refractivity (Wildman–Crippen MR) is 134 cm³/mol. The molecule has 0 atom stereocenters. The standard InChI is InChI=1S/C26H43NO3.Ba.2H/c1-2-3-4-5-6-7-8-9-10-11-12-13-14-15-16-17-22-27-25(28)23-18-20-24(21-19-23)26(29)30;;;/h18-21H,2-17,22H2,1H3,(H,27,28)(H,29,30);;;. The average Bonchev–Trinajstić information content (AvgIpc) is 2.75. The van der Waals surface area contributed by atoms with Crippen molar-refractivity contribution < 1.29 is 14.7 Å². The summed E-state index contributed by atoms with van der Waals surface area (Å²) in [6.07, 6.45) is 21.4. The van der Waals surface area contributed by atoms with Crippen molar-refractivity contribution in [2.45, 2.75) is 110 Å². The van der Waals surface area contributed by atoms with Gasteiger partial charge in [0.2, 0.25) is 0 Å². The molecular weight excluding hydrogens is 512 g/mol. The number of hydrogen-bond donors (Lipinski definition) is 2. The second kappa shape index (κ2) is 21.6. The first-order valence-electron chi connectivity index (χ1n) is 12.3. The van der Waals surface area contributed by atoms with E-state index in [2.05, 4.69) is 12.2 Å². The van der Waals surface area contributed by atoms with Crippen LogP contribution in [0, 0.1) is 0 Å². The van der Waals surface area contributed by atoms with E-state index in [9.17, 15) is 9.59 Å². The monoisotopic (exact) mass is 557 g/mol. The first-order valence-corrected chi connectivity index (χ1v) is 12.3. The molecule has 0 aromatic heterocycles. The van der Waals surface area contributed by atoms with Crippen molar-refractivity contribution >= 4 is 60.8 Å². The first-order chi connectivity index (χ1) is 14.6. The number of carbonyl (C=O) groups excluding carboxylic acids is 1. The van der Waals surface area contributed by atoms with Gasteiger partial charge in [0.25, 0.3) is 5.91 Å². The molecule has 0 saturated carbocycles. The maximum absolute atomic E-state index is 12.0. The second-order valence-corrected chi connectivity index (χ2v) is 8.44. The van der Waals surface area contributed by atoms with Crippen molar-refractivity contribution in [3.8, 4) is 0 Å². The number of rotatable bonds is 19. The van der Waals surface area contributed by atoms with Gasteiger partial charge in [0.15, 0.2) is 0 Å². The number of carboxylic acids is 1. The topological polar surface area (TPSA) is 66.4 Å². The van der Waals surface area contributed by atoms with Gasteiger partial charge in [0.1, 0.15) is 0 Å². The van der Waals surface area contributed by atoms with Gasteiger partial charge in [-0.25, -0.2) is 4.79 Å². The van der Waals surface area contributed by atoms with Crippen molar-refractivity contribution in [1.82, 2.24) is 5.32 Å². The predicted octanol–water partition coefficient (Wildman–Crippen LogP) is 6.46. The van der Waals surface area contributed by atoms with Crippen LogP contribution in [-0.2, 0) is 0 Å². The zero-order valence-electron chi connectivity index (χ0n) is 19.1. The van der Waals surface area contributed by atoms with Crippen molar-refractivity contribution in [1.29, 1.82) is 0 Å². The van der Waals surface area contributed by atoms with E-state index in [0.717, 1.165) is 12.8 Å². The van der Waals surface area contributed by atoms with Crippen LogP contribution in [0.5, 0.6) is 0 Å². The van der Waals surface area contributed by atoms with Crippen molar-refractivity contribution in [3.63, 3.8) is 0 Å². The summed E-state index contributed by atoms with van der Waals surface area (Å²) in [6.45, 7) is 2.95. The zero-order chi connectivity index (χ0) is 21.9. The Bertz CT molecular complexity index is 575. The molecule has 174 valence electrons. The van der Waals surface area contributed by atoms with Crippen LogP contribution >= 0.6 is 0 Å². The van der Waals surface area contributed by atoms with Crippen LogP contribution in [-0.4, -0.2) is 72.4 Å². The minimum atomic E-state index is -0.977. The van der Waals surface area contributed by atoms with E-state index in [4.69, 9.17) is 5.11 Å². The average molecular weight is 557 g/mol. The van der Waals surface area contributed by atoms with Crippen molar-refractivity contribution in [2.75, 3.05) is 6.54 Å². The maximum atomic E-state index is 12.0. The summed E-state index contributed by atoms with van der Waals surface area (Å²) < 4.78 is 0. The molecule has 5 heteroatoms. The Labute approximate surface area is 230 Å². The summed E-state index contributed by atoms with van der Waals surface area (Å²) in [4.78, 5) is 22.9. The van der Waals surface area contributed by atoms with Crippen LogP contribution in [0.2, 0.25) is 0 Å². The molecule has 0 saturated heterocycles. The molecule has 1 aromatic carbocycles. The molecule has 2 N–H and O–H groups in total. The molecule has 0 heterocycles. The third kappa shape index (κ3) is 16.9. The molecule has 1 rings (SSSR count). The van der Waals surface area contributed by atoms with Crippen molar-refractivity contribution in [3.05, 3.63) is 35.4 Å². The Kier molecular flexibility index (Phi) is 21.4. The summed E-state index contributed by atoms with van der Waals surface area (Å²) in [5.74, 6) is -1.11. The Morgan fingerprint density at radius 1 is 0.645 bits per heavy atom. The Morgan fingerprint density at radius 3 is 1.39 bits per heavy atom. The third-order valence-electron chi connectivity index (χ3n) is 5.71. The molecule has 0 fully saturated rings. The number of aromatic carboxylic acids is 1. The van der Waals surface area contributed by atoms with Crippen LogP contribution in [0.25, 0.3) is 0 Å². The van der Waals surface area contributed by atoms with Crippen LogP contribution in [0.3, 0.4) is 0 Å². The fourth-order valence-electron chi connectivity index (χ4n) is 3.74. The Balaban J connectivity index is 0.00000900. The number of benzene rings is 1. The minimum absolute atomic E-state index is 0. The van der Waals surface area contributed by atoms with Gasteiger partial charge < -0.3 is 10.4 Å². The second-order valence-electron chi connectivity index (χ2n) is 8.44. The van der Waals surface area contributed by atoms with E-state index >= 15 is 0 Å². The van der Waals surface area contributed by atoms with Gasteiger partial charge in [0.05, 0.1) is 5.56 Å². The van der Waals surface area contributed by atoms with Crippen molar-refractivity contribution in [2.24, 2.45) is 0 Å². The van der Waals surface area contributed by atoms with Gasteiger partial charge in [-0.15, -0.1) is 0 Å². The summed E-state index contributed by atoms with van der Waals surface area (Å²) in [7, 11) is 0. The molecule has 1 aromatic rings. The Morgan fingerprint density at radius 2 is 1.00 bits per heavy atom. The van der Waals surface area contributed by atoms with Crippen LogP contribution in [0.1, 0.15) is 130 Å². The van der Waals surface area contributed by atoms with Gasteiger partial charge in [-0.1, -0.05) is 103 Å². The SMILES string of the molecule is CCCCCCCCCCCCCCCCCCNC(=O)c1ccc(C(=O)O)cc1.[BaH2]. The van der Waals surface area contributed by atoms with Crippen LogP contribution in [0.15, 0.2) is 24.3 Å². The molecule has 0 aliphatic rings. The van der Waals surface area contributed by atoms with E-state index in [0.29, 0.717) is 12.1 Å². The summed E-state index contributed by atoms with van der Waals surface area (Å²) in [6, 6.07) is 6.05. The number of carboxylic acid groups (broad SMARTS) is 1. The number of carbonyl (C=O) groups is 2. The summed E-state index contributed by atoms with van der Waals surface area (Å²) in [5.41, 5.74) is 0.709. The van der Waals surface area contributed by atoms with Gasteiger partial charge in [-0.3, -0.25) is 4.79 Å². The van der Waals surface area contributed by atoms with E-state index in [1.165, 1.54) is 102 Å². The third-order valence-corrected chi connectivity index (χ3v) is 5.71. The van der Waals surface area contributed by atoms with E-state index < -0.39 is 5.97 Å². The van der Waals surface area contributed by atoms with Gasteiger partial charge in [0, 0.05) is 12.1 Å². The zero-order valence-corrected chi connectivity index (χ0v) is 19.1. The fraction of sp³-hybridized carbons (Fsp3) is 0.692. The summed E-state index contributed by atoms with van der Waals surface area (Å²) in [5, 5.41) is 11.8. The summed E-state index contributed by atoms with van der Waals surface area (Å²) >= 11 is 0. The number of amides is 1. The molecule has 0 bridgehead atoms. The van der Waals surface area contributed by atoms with Gasteiger partial charge >= 0.3 is 54.9 Å². The van der Waals surface area contributed by atoms with E-state index in [1.54, 1.807) is 12.1 Å². The molecule has 31 heavy (non-hydrogen) atoms. The molecule has 0 unspecified atom stereocenters. The molecule has 1 amide bonds. The van der Waals surface area contributed by atoms with Crippen LogP contribution in [0.4, 0.5) is 0 Å². The van der Waals surface area contributed by atoms with Crippen LogP contribution < -0.4 is 5.32 Å². The molecule has 0 radical (unpaired) electrons. The fourth-order valence-corrected chi connectivity index (χ4v) is 3.74. The normalized spacial score (nSPS) is 10.5. The van der Waals surface area contributed by atoms with Gasteiger partial charge in [-0.2, -0.15) is 0 Å². The van der Waals surface area contributed by atoms with E-state index in [1.807, 2.05) is 0 Å². The molecule has 0 spiro atoms. The molecule has 0 aliphatic heterocycles. The Hall–Kier alpha value is -0.269. The van der Waals surface area contributed by atoms with Gasteiger partial charge in [-0.05, 0) is 30.7 Å². The molecule has 4 nitrogen and oxygen atoms in total. The molecule has 0 aliphatic carbocycles. The number of hydrogen-bond acceptors (Lipinski definition) is 2. The van der Waals surface area contributed by atoms with E-state index in [-0.39, 0.29) is 60.4 Å². The number of unbranched alkanes of at least 4 members (excludes halogenated alkanes) is 15. The quantitative estimate of drug-likeness (QED) is 0.152. The number of nitrogens with one attached hydrogen (secondary N) is 1. The molecular formula is C26H45BaNO3. The first kappa shape index (κ1) is 30.7.